The van der Waals surface area contributed by atoms with Crippen LogP contribution >= 0.6 is 15.9 Å². The van der Waals surface area contributed by atoms with E-state index in [0.29, 0.717) is 12.3 Å². The monoisotopic (exact) mass is 374 g/mol. The highest BCUT2D eigenvalue weighted by Crippen LogP contribution is 2.14. The lowest BCUT2D eigenvalue weighted by atomic mass is 10.1. The van der Waals surface area contributed by atoms with Crippen molar-refractivity contribution < 1.29 is 8.42 Å². The first-order valence-corrected chi connectivity index (χ1v) is 9.44. The van der Waals surface area contributed by atoms with Crippen molar-refractivity contribution in [1.29, 1.82) is 0 Å². The average Bonchev–Trinajstić information content (AvgIpc) is 2.34. The van der Waals surface area contributed by atoms with Gasteiger partial charge in [0.1, 0.15) is 5.84 Å². The Morgan fingerprint density at radius 3 is 2.29 bits per heavy atom. The topological polar surface area (TPSA) is 58.5 Å². The van der Waals surface area contributed by atoms with Crippen molar-refractivity contribution >= 4 is 31.8 Å². The van der Waals surface area contributed by atoms with Crippen molar-refractivity contribution in [3.05, 3.63) is 34.3 Å². The maximum Gasteiger partial charge on any atom is 0.233 e. The maximum absolute atomic E-state index is 12.1. The highest BCUT2D eigenvalue weighted by atomic mass is 79.9. The summed E-state index contributed by atoms with van der Waals surface area (Å²) >= 11 is 3.37. The van der Waals surface area contributed by atoms with Gasteiger partial charge < -0.3 is 0 Å². The molecule has 0 spiro atoms. The van der Waals surface area contributed by atoms with E-state index in [-0.39, 0.29) is 11.3 Å². The molecule has 0 fully saturated rings. The van der Waals surface area contributed by atoms with Crippen LogP contribution in [0.3, 0.4) is 0 Å². The van der Waals surface area contributed by atoms with E-state index in [1.165, 1.54) is 0 Å². The number of halogens is 1. The summed E-state index contributed by atoms with van der Waals surface area (Å²) in [6.07, 6.45) is 1.48. The van der Waals surface area contributed by atoms with Gasteiger partial charge in [0, 0.05) is 10.0 Å². The quantitative estimate of drug-likeness (QED) is 0.630. The molecule has 0 aromatic heterocycles. The van der Waals surface area contributed by atoms with Crippen LogP contribution < -0.4 is 4.72 Å². The second-order valence-corrected chi connectivity index (χ2v) is 8.67. The van der Waals surface area contributed by atoms with Crippen molar-refractivity contribution in [2.45, 2.75) is 46.1 Å². The van der Waals surface area contributed by atoms with Crippen LogP contribution in [0, 0.1) is 0 Å². The van der Waals surface area contributed by atoms with Crippen LogP contribution in [0.5, 0.6) is 0 Å². The van der Waals surface area contributed by atoms with Crippen LogP contribution in [0.1, 0.15) is 46.1 Å². The SMILES string of the molecule is CCCCS(=O)(=O)NC(=NC(C)(C)C)c1ccc(Br)cc1. The summed E-state index contributed by atoms with van der Waals surface area (Å²) in [5, 5.41) is 0. The minimum absolute atomic E-state index is 0.114. The van der Waals surface area contributed by atoms with Crippen LogP contribution in [0.4, 0.5) is 0 Å². The lowest BCUT2D eigenvalue weighted by Gasteiger charge is -2.18. The summed E-state index contributed by atoms with van der Waals surface area (Å²) in [5.41, 5.74) is 0.392. The molecule has 1 aromatic rings. The average molecular weight is 375 g/mol. The largest absolute Gasteiger partial charge is 0.267 e. The Morgan fingerprint density at radius 1 is 1.24 bits per heavy atom. The number of nitrogens with zero attached hydrogens (tertiary/aromatic N) is 1. The number of hydrogen-bond acceptors (Lipinski definition) is 3. The lowest BCUT2D eigenvalue weighted by molar-refractivity contribution is 0.577. The molecule has 0 aliphatic heterocycles. The highest BCUT2D eigenvalue weighted by Gasteiger charge is 2.17. The molecule has 0 bridgehead atoms. The molecule has 21 heavy (non-hydrogen) atoms. The van der Waals surface area contributed by atoms with E-state index in [1.54, 1.807) is 0 Å². The third-order valence-electron chi connectivity index (χ3n) is 2.58. The fourth-order valence-corrected chi connectivity index (χ4v) is 3.12. The second-order valence-electron chi connectivity index (χ2n) is 5.91. The molecule has 0 atom stereocenters. The molecule has 0 radical (unpaired) electrons. The van der Waals surface area contributed by atoms with Crippen molar-refractivity contribution in [3.8, 4) is 0 Å². The molecule has 4 nitrogen and oxygen atoms in total. The number of amidine groups is 1. The molecule has 6 heteroatoms. The van der Waals surface area contributed by atoms with Gasteiger partial charge in [-0.1, -0.05) is 41.4 Å². The van der Waals surface area contributed by atoms with Gasteiger partial charge in [-0.3, -0.25) is 9.71 Å². The van der Waals surface area contributed by atoms with Crippen molar-refractivity contribution in [3.63, 3.8) is 0 Å². The molecule has 0 heterocycles. The lowest BCUT2D eigenvalue weighted by Crippen LogP contribution is -2.35. The summed E-state index contributed by atoms with van der Waals surface area (Å²) in [4.78, 5) is 4.51. The molecular formula is C15H23BrN2O2S. The number of aliphatic imine (C=N–C) groups is 1. The molecule has 118 valence electrons. The van der Waals surface area contributed by atoms with Gasteiger partial charge in [0.25, 0.3) is 0 Å². The zero-order valence-electron chi connectivity index (χ0n) is 13.0. The highest BCUT2D eigenvalue weighted by molar-refractivity contribution is 9.10. The third kappa shape index (κ3) is 7.09. The summed E-state index contributed by atoms with van der Waals surface area (Å²) in [6.45, 7) is 7.78. The molecule has 0 aliphatic carbocycles. The fourth-order valence-electron chi connectivity index (χ4n) is 1.62. The van der Waals surface area contributed by atoms with Crippen LogP contribution in [-0.4, -0.2) is 25.5 Å². The normalized spacial score (nSPS) is 13.3. The molecule has 0 unspecified atom stereocenters. The van der Waals surface area contributed by atoms with Crippen molar-refractivity contribution in [2.24, 2.45) is 4.99 Å². The molecule has 0 amide bonds. The third-order valence-corrected chi connectivity index (χ3v) is 4.44. The van der Waals surface area contributed by atoms with Gasteiger partial charge in [0.05, 0.1) is 11.3 Å². The van der Waals surface area contributed by atoms with Gasteiger partial charge in [-0.25, -0.2) is 8.42 Å². The van der Waals surface area contributed by atoms with E-state index < -0.39 is 10.0 Å². The van der Waals surface area contributed by atoms with Gasteiger partial charge in [-0.15, -0.1) is 0 Å². The van der Waals surface area contributed by atoms with Gasteiger partial charge in [0.15, 0.2) is 0 Å². The van der Waals surface area contributed by atoms with E-state index in [0.717, 1.165) is 16.5 Å². The van der Waals surface area contributed by atoms with Crippen LogP contribution in [0.25, 0.3) is 0 Å². The van der Waals surface area contributed by atoms with Gasteiger partial charge in [-0.2, -0.15) is 0 Å². The van der Waals surface area contributed by atoms with E-state index in [9.17, 15) is 8.42 Å². The number of rotatable bonds is 5. The predicted octanol–water partition coefficient (Wildman–Crippen LogP) is 3.71. The number of unbranched alkanes of at least 4 members (excludes halogenated alkanes) is 1. The van der Waals surface area contributed by atoms with Gasteiger partial charge >= 0.3 is 0 Å². The van der Waals surface area contributed by atoms with E-state index in [2.05, 4.69) is 25.6 Å². The molecule has 0 saturated heterocycles. The van der Waals surface area contributed by atoms with Crippen LogP contribution in [0.2, 0.25) is 0 Å². The number of benzene rings is 1. The molecule has 1 rings (SSSR count). The zero-order valence-corrected chi connectivity index (χ0v) is 15.4. The first-order chi connectivity index (χ1) is 9.63. The Labute approximate surface area is 136 Å². The van der Waals surface area contributed by atoms with Gasteiger partial charge in [-0.05, 0) is 39.3 Å². The predicted molar refractivity (Wildman–Crippen MR) is 92.3 cm³/mol. The molecular weight excluding hydrogens is 352 g/mol. The Hall–Kier alpha value is -0.880. The Morgan fingerprint density at radius 2 is 1.81 bits per heavy atom. The maximum atomic E-state index is 12.1. The van der Waals surface area contributed by atoms with Crippen molar-refractivity contribution in [2.75, 3.05) is 5.75 Å². The van der Waals surface area contributed by atoms with Crippen molar-refractivity contribution in [1.82, 2.24) is 4.72 Å². The van der Waals surface area contributed by atoms with Gasteiger partial charge in [0.2, 0.25) is 10.0 Å². The number of hydrogen-bond donors (Lipinski definition) is 1. The summed E-state index contributed by atoms with van der Waals surface area (Å²) in [6, 6.07) is 7.43. The Kier molecular flexibility index (Phi) is 6.41. The number of nitrogens with one attached hydrogen (secondary N) is 1. The molecule has 1 aromatic carbocycles. The smallest absolute Gasteiger partial charge is 0.233 e. The standard InChI is InChI=1S/C15H23BrN2O2S/c1-5-6-11-21(19,20)18-14(17-15(2,3)4)12-7-9-13(16)10-8-12/h7-10H,5-6,11H2,1-4H3,(H,17,18). The Balaban J connectivity index is 3.10. The van der Waals surface area contributed by atoms with Crippen LogP contribution in [0.15, 0.2) is 33.7 Å². The second kappa shape index (κ2) is 7.40. The van der Waals surface area contributed by atoms with E-state index >= 15 is 0 Å². The first kappa shape index (κ1) is 18.2. The Bertz CT molecular complexity index is 587. The van der Waals surface area contributed by atoms with E-state index in [1.807, 2.05) is 52.0 Å². The number of sulfonamides is 1. The molecule has 0 aliphatic rings. The minimum Gasteiger partial charge on any atom is -0.267 e. The summed E-state index contributed by atoms with van der Waals surface area (Å²) < 4.78 is 27.8. The fraction of sp³-hybridized carbons (Fsp3) is 0.533. The zero-order chi connectivity index (χ0) is 16.1. The molecule has 1 N–H and O–H groups in total. The van der Waals surface area contributed by atoms with E-state index in [4.69, 9.17) is 0 Å². The summed E-state index contributed by atoms with van der Waals surface area (Å²) in [7, 11) is -3.37. The van der Waals surface area contributed by atoms with Crippen LogP contribution in [-0.2, 0) is 10.0 Å². The first-order valence-electron chi connectivity index (χ1n) is 6.99. The molecule has 0 saturated carbocycles. The minimum atomic E-state index is -3.37. The summed E-state index contributed by atoms with van der Waals surface area (Å²) in [5.74, 6) is 0.509.